The number of amides is 1. The van der Waals surface area contributed by atoms with Gasteiger partial charge in [-0.05, 0) is 6.42 Å². The summed E-state index contributed by atoms with van der Waals surface area (Å²) >= 11 is 0. The Kier molecular flexibility index (Phi) is 2.65. The van der Waals surface area contributed by atoms with Crippen LogP contribution in [0.3, 0.4) is 0 Å². The van der Waals surface area contributed by atoms with E-state index in [1.165, 1.54) is 6.33 Å². The Bertz CT molecular complexity index is 278. The molecule has 72 valence electrons. The molecule has 5 nitrogen and oxygen atoms in total. The number of nitrogens with one attached hydrogen (secondary N) is 2. The molecule has 0 aliphatic rings. The van der Waals surface area contributed by atoms with Gasteiger partial charge in [0, 0.05) is 5.41 Å². The third kappa shape index (κ3) is 2.27. The van der Waals surface area contributed by atoms with Crippen LogP contribution in [0.15, 0.2) is 6.33 Å². The van der Waals surface area contributed by atoms with Crippen LogP contribution in [0.4, 0.5) is 5.95 Å². The predicted molar refractivity (Wildman–Crippen MR) is 49.1 cm³/mol. The lowest BCUT2D eigenvalue weighted by atomic mass is 9.89. The second-order valence-corrected chi connectivity index (χ2v) is 3.53. The molecule has 1 heterocycles. The maximum absolute atomic E-state index is 11.6. The van der Waals surface area contributed by atoms with Crippen molar-refractivity contribution in [2.24, 2.45) is 5.41 Å². The first-order valence-corrected chi connectivity index (χ1v) is 4.23. The minimum atomic E-state index is -0.368. The van der Waals surface area contributed by atoms with Crippen molar-refractivity contribution in [3.63, 3.8) is 0 Å². The maximum Gasteiger partial charge on any atom is 0.232 e. The molecule has 0 aromatic carbocycles. The highest BCUT2D eigenvalue weighted by Gasteiger charge is 2.25. The largest absolute Gasteiger partial charge is 0.294 e. The molecule has 0 atom stereocenters. The Balaban J connectivity index is 2.61. The summed E-state index contributed by atoms with van der Waals surface area (Å²) < 4.78 is 0. The molecule has 0 radical (unpaired) electrons. The number of H-pyrrole nitrogens is 1. The van der Waals surface area contributed by atoms with Crippen LogP contribution >= 0.6 is 0 Å². The van der Waals surface area contributed by atoms with E-state index in [0.29, 0.717) is 5.95 Å². The Morgan fingerprint density at radius 1 is 1.69 bits per heavy atom. The summed E-state index contributed by atoms with van der Waals surface area (Å²) in [6, 6.07) is 0. The number of carbonyl (C=O) groups is 1. The van der Waals surface area contributed by atoms with E-state index >= 15 is 0 Å². The molecule has 0 fully saturated rings. The van der Waals surface area contributed by atoms with Gasteiger partial charge >= 0.3 is 0 Å². The average molecular weight is 182 g/mol. The van der Waals surface area contributed by atoms with E-state index in [1.54, 1.807) is 0 Å². The number of rotatable bonds is 3. The molecule has 0 aliphatic carbocycles. The normalized spacial score (nSPS) is 11.3. The van der Waals surface area contributed by atoms with Crippen molar-refractivity contribution < 1.29 is 4.79 Å². The van der Waals surface area contributed by atoms with Gasteiger partial charge in [0.2, 0.25) is 11.9 Å². The molecule has 0 saturated carbocycles. The molecular formula is C8H14N4O. The molecule has 0 unspecified atom stereocenters. The number of nitrogens with zero attached hydrogens (tertiary/aromatic N) is 2. The summed E-state index contributed by atoms with van der Waals surface area (Å²) in [5.41, 5.74) is -0.368. The zero-order chi connectivity index (χ0) is 9.90. The summed E-state index contributed by atoms with van der Waals surface area (Å²) in [4.78, 5) is 15.4. The van der Waals surface area contributed by atoms with E-state index in [2.05, 4.69) is 20.5 Å². The fourth-order valence-corrected chi connectivity index (χ4v) is 0.703. The topological polar surface area (TPSA) is 70.7 Å². The monoisotopic (exact) mass is 182 g/mol. The van der Waals surface area contributed by atoms with Crippen LogP contribution in [0.25, 0.3) is 0 Å². The van der Waals surface area contributed by atoms with Crippen molar-refractivity contribution in [2.45, 2.75) is 27.2 Å². The van der Waals surface area contributed by atoms with Crippen molar-refractivity contribution >= 4 is 11.9 Å². The quantitative estimate of drug-likeness (QED) is 0.737. The molecule has 1 aromatic heterocycles. The summed E-state index contributed by atoms with van der Waals surface area (Å²) in [6.45, 7) is 5.75. The molecule has 1 aromatic rings. The van der Waals surface area contributed by atoms with E-state index in [0.717, 1.165) is 6.42 Å². The van der Waals surface area contributed by atoms with Gasteiger partial charge in [0.05, 0.1) is 0 Å². The molecular weight excluding hydrogens is 168 g/mol. The maximum atomic E-state index is 11.6. The number of aromatic nitrogens is 3. The molecule has 13 heavy (non-hydrogen) atoms. The lowest BCUT2D eigenvalue weighted by Gasteiger charge is -2.20. The first kappa shape index (κ1) is 9.70. The molecule has 1 rings (SSSR count). The second kappa shape index (κ2) is 3.55. The molecule has 0 spiro atoms. The minimum absolute atomic E-state index is 0.0493. The van der Waals surface area contributed by atoms with Gasteiger partial charge in [-0.25, -0.2) is 5.10 Å². The van der Waals surface area contributed by atoms with E-state index < -0.39 is 0 Å². The van der Waals surface area contributed by atoms with Crippen LogP contribution in [0.5, 0.6) is 0 Å². The van der Waals surface area contributed by atoms with Crippen LogP contribution in [0, 0.1) is 5.41 Å². The van der Waals surface area contributed by atoms with E-state index in [9.17, 15) is 4.79 Å². The number of carbonyl (C=O) groups excluding carboxylic acids is 1. The first-order chi connectivity index (χ1) is 6.06. The fourth-order valence-electron chi connectivity index (χ4n) is 0.703. The van der Waals surface area contributed by atoms with Gasteiger partial charge in [-0.15, -0.1) is 0 Å². The smallest absolute Gasteiger partial charge is 0.232 e. The molecule has 5 heteroatoms. The molecule has 0 bridgehead atoms. The number of hydrogen-bond donors (Lipinski definition) is 2. The predicted octanol–water partition coefficient (Wildman–Crippen LogP) is 1.18. The van der Waals surface area contributed by atoms with Gasteiger partial charge in [0.1, 0.15) is 6.33 Å². The lowest BCUT2D eigenvalue weighted by molar-refractivity contribution is -0.124. The lowest BCUT2D eigenvalue weighted by Crippen LogP contribution is -2.30. The summed E-state index contributed by atoms with van der Waals surface area (Å²) in [5.74, 6) is 0.346. The van der Waals surface area contributed by atoms with Crippen molar-refractivity contribution in [1.29, 1.82) is 0 Å². The average Bonchev–Trinajstić information content (AvgIpc) is 2.57. The van der Waals surface area contributed by atoms with Crippen LogP contribution < -0.4 is 5.32 Å². The van der Waals surface area contributed by atoms with Crippen molar-refractivity contribution in [3.05, 3.63) is 6.33 Å². The molecule has 2 N–H and O–H groups in total. The van der Waals surface area contributed by atoms with E-state index in [1.807, 2.05) is 20.8 Å². The van der Waals surface area contributed by atoms with Crippen LogP contribution in [0.2, 0.25) is 0 Å². The number of anilines is 1. The Morgan fingerprint density at radius 2 is 2.38 bits per heavy atom. The number of hydrogen-bond acceptors (Lipinski definition) is 3. The van der Waals surface area contributed by atoms with Gasteiger partial charge in [0.15, 0.2) is 0 Å². The highest BCUT2D eigenvalue weighted by atomic mass is 16.2. The van der Waals surface area contributed by atoms with Gasteiger partial charge in [-0.2, -0.15) is 10.1 Å². The molecule has 0 aliphatic heterocycles. The van der Waals surface area contributed by atoms with Crippen LogP contribution in [-0.4, -0.2) is 21.1 Å². The second-order valence-electron chi connectivity index (χ2n) is 3.53. The molecule has 0 saturated heterocycles. The Hall–Kier alpha value is -1.39. The summed E-state index contributed by atoms with van der Waals surface area (Å²) in [5, 5.41) is 8.85. The third-order valence-electron chi connectivity index (χ3n) is 2.15. The van der Waals surface area contributed by atoms with Crippen LogP contribution in [0.1, 0.15) is 27.2 Å². The highest BCUT2D eigenvalue weighted by molar-refractivity contribution is 5.93. The SMILES string of the molecule is CCC(C)(C)C(=O)Nc1ncn[nH]1. The van der Waals surface area contributed by atoms with Crippen molar-refractivity contribution in [1.82, 2.24) is 15.2 Å². The zero-order valence-corrected chi connectivity index (χ0v) is 8.09. The van der Waals surface area contributed by atoms with Gasteiger partial charge < -0.3 is 0 Å². The Labute approximate surface area is 76.9 Å². The van der Waals surface area contributed by atoms with Gasteiger partial charge in [-0.3, -0.25) is 10.1 Å². The summed E-state index contributed by atoms with van der Waals surface area (Å²) in [7, 11) is 0. The standard InChI is InChI=1S/C8H14N4O/c1-4-8(2,3)6(13)11-7-9-5-10-12-7/h5H,4H2,1-3H3,(H2,9,10,11,12,13). The Morgan fingerprint density at radius 3 is 2.85 bits per heavy atom. The first-order valence-electron chi connectivity index (χ1n) is 4.23. The number of aromatic amines is 1. The van der Waals surface area contributed by atoms with Gasteiger partial charge in [0.25, 0.3) is 0 Å². The molecule has 1 amide bonds. The fraction of sp³-hybridized carbons (Fsp3) is 0.625. The van der Waals surface area contributed by atoms with Crippen molar-refractivity contribution in [2.75, 3.05) is 5.32 Å². The third-order valence-corrected chi connectivity index (χ3v) is 2.15. The summed E-state index contributed by atoms with van der Waals surface area (Å²) in [6.07, 6.45) is 2.14. The van der Waals surface area contributed by atoms with Crippen molar-refractivity contribution in [3.8, 4) is 0 Å². The minimum Gasteiger partial charge on any atom is -0.294 e. The van der Waals surface area contributed by atoms with Gasteiger partial charge in [-0.1, -0.05) is 20.8 Å². The highest BCUT2D eigenvalue weighted by Crippen LogP contribution is 2.20. The van der Waals surface area contributed by atoms with E-state index in [-0.39, 0.29) is 11.3 Å². The zero-order valence-electron chi connectivity index (χ0n) is 8.09. The van der Waals surface area contributed by atoms with Crippen LogP contribution in [-0.2, 0) is 4.79 Å². The van der Waals surface area contributed by atoms with E-state index in [4.69, 9.17) is 0 Å².